The lowest BCUT2D eigenvalue weighted by Crippen LogP contribution is -2.11. The maximum absolute atomic E-state index is 2.40. The molecule has 254 valence electrons. The first kappa shape index (κ1) is 31.6. The summed E-state index contributed by atoms with van der Waals surface area (Å²) in [7, 11) is 0. The van der Waals surface area contributed by atoms with Gasteiger partial charge in [0.25, 0.3) is 0 Å². The number of hydrogen-bond donors (Lipinski definition) is 0. The summed E-state index contributed by atoms with van der Waals surface area (Å²) in [5.41, 5.74) is 9.09. The average molecular weight is 689 g/mol. The van der Waals surface area contributed by atoms with Crippen LogP contribution in [0.5, 0.6) is 0 Å². The molecule has 2 nitrogen and oxygen atoms in total. The molecular formula is C52H36N2. The van der Waals surface area contributed by atoms with E-state index in [0.29, 0.717) is 0 Å². The van der Waals surface area contributed by atoms with Crippen molar-refractivity contribution in [2.24, 2.45) is 0 Å². The fourth-order valence-corrected chi connectivity index (χ4v) is 7.92. The second kappa shape index (κ2) is 13.4. The second-order valence-corrected chi connectivity index (χ2v) is 13.8. The van der Waals surface area contributed by atoms with Crippen LogP contribution in [0.15, 0.2) is 218 Å². The van der Waals surface area contributed by atoms with Gasteiger partial charge in [0, 0.05) is 33.5 Å². The molecule has 10 aromatic carbocycles. The molecule has 0 saturated heterocycles. The van der Waals surface area contributed by atoms with Crippen LogP contribution < -0.4 is 9.80 Å². The van der Waals surface area contributed by atoms with E-state index in [1.54, 1.807) is 0 Å². The summed E-state index contributed by atoms with van der Waals surface area (Å²) in [6.07, 6.45) is 0. The summed E-state index contributed by atoms with van der Waals surface area (Å²) in [6, 6.07) is 79.0. The number of benzene rings is 10. The number of rotatable bonds is 7. The van der Waals surface area contributed by atoms with E-state index in [0.717, 1.165) is 45.3 Å². The molecule has 0 radical (unpaired) electrons. The van der Waals surface area contributed by atoms with Crippen LogP contribution in [0.25, 0.3) is 54.2 Å². The van der Waals surface area contributed by atoms with Crippen molar-refractivity contribution in [3.63, 3.8) is 0 Å². The molecule has 0 aliphatic rings. The molecule has 0 aromatic heterocycles. The summed E-state index contributed by atoms with van der Waals surface area (Å²) in [5, 5.41) is 9.76. The van der Waals surface area contributed by atoms with Gasteiger partial charge in [0.1, 0.15) is 0 Å². The van der Waals surface area contributed by atoms with E-state index < -0.39 is 0 Å². The highest BCUT2D eigenvalue weighted by Crippen LogP contribution is 2.43. The highest BCUT2D eigenvalue weighted by molar-refractivity contribution is 6.02. The number of fused-ring (bicyclic) bond motifs is 4. The number of anilines is 6. The molecule has 0 atom stereocenters. The topological polar surface area (TPSA) is 6.48 Å². The molecule has 0 saturated carbocycles. The summed E-state index contributed by atoms with van der Waals surface area (Å²) >= 11 is 0. The Balaban J connectivity index is 1.08. The molecule has 10 rings (SSSR count). The summed E-state index contributed by atoms with van der Waals surface area (Å²) < 4.78 is 0. The normalized spacial score (nSPS) is 11.3. The molecule has 0 aliphatic carbocycles. The summed E-state index contributed by atoms with van der Waals surface area (Å²) in [5.74, 6) is 0. The zero-order valence-electron chi connectivity index (χ0n) is 29.7. The number of nitrogens with zero attached hydrogens (tertiary/aromatic N) is 2. The maximum atomic E-state index is 2.40. The third kappa shape index (κ3) is 5.71. The molecule has 54 heavy (non-hydrogen) atoms. The molecule has 0 aliphatic heterocycles. The van der Waals surface area contributed by atoms with Gasteiger partial charge in [-0.2, -0.15) is 0 Å². The Bertz CT molecular complexity index is 2950. The van der Waals surface area contributed by atoms with Crippen molar-refractivity contribution >= 4 is 77.2 Å². The molecule has 0 spiro atoms. The Morgan fingerprint density at radius 3 is 1.19 bits per heavy atom. The molecule has 0 fully saturated rings. The summed E-state index contributed by atoms with van der Waals surface area (Å²) in [6.45, 7) is 0. The molecule has 2 heteroatoms. The van der Waals surface area contributed by atoms with Gasteiger partial charge in [-0.25, -0.2) is 0 Å². The molecule has 0 heterocycles. The van der Waals surface area contributed by atoms with Gasteiger partial charge in [0.15, 0.2) is 0 Å². The van der Waals surface area contributed by atoms with E-state index in [9.17, 15) is 0 Å². The SMILES string of the molecule is c1cc(-c2ccc(N(c3ccc4ccccc4c3)c3cccc4ccccc34)cc2)cc(N(c2ccc3ccccc3c2)c2cccc3ccccc23)c1. The van der Waals surface area contributed by atoms with E-state index in [2.05, 4.69) is 228 Å². The lowest BCUT2D eigenvalue weighted by Gasteiger charge is -2.28. The summed E-state index contributed by atoms with van der Waals surface area (Å²) in [4.78, 5) is 4.78. The van der Waals surface area contributed by atoms with Crippen molar-refractivity contribution < 1.29 is 0 Å². The molecule has 0 amide bonds. The maximum Gasteiger partial charge on any atom is 0.0540 e. The standard InChI is InChI=1S/C52H36N2/c1-3-16-42-35-47(32-28-37(42)12-1)53(51-24-10-18-40-14-5-7-22-49(40)51)45-30-26-39(27-31-45)44-20-9-21-46(34-44)54(48-33-29-38-13-2-4-17-43(38)36-48)52-25-11-19-41-15-6-8-23-50(41)52/h1-36H. The Kier molecular flexibility index (Phi) is 7.85. The quantitative estimate of drug-likeness (QED) is 0.164. The van der Waals surface area contributed by atoms with E-state index >= 15 is 0 Å². The smallest absolute Gasteiger partial charge is 0.0540 e. The van der Waals surface area contributed by atoms with Crippen molar-refractivity contribution in [1.82, 2.24) is 0 Å². The van der Waals surface area contributed by atoms with E-state index in [4.69, 9.17) is 0 Å². The largest absolute Gasteiger partial charge is 0.310 e. The minimum absolute atomic E-state index is 1.11. The van der Waals surface area contributed by atoms with Gasteiger partial charge in [-0.3, -0.25) is 0 Å². The Hall–Kier alpha value is -7.16. The molecule has 0 unspecified atom stereocenters. The van der Waals surface area contributed by atoms with Crippen molar-refractivity contribution in [3.8, 4) is 11.1 Å². The van der Waals surface area contributed by atoms with Gasteiger partial charge in [-0.05, 0) is 104 Å². The third-order valence-electron chi connectivity index (χ3n) is 10.6. The van der Waals surface area contributed by atoms with Crippen LogP contribution in [-0.4, -0.2) is 0 Å². The monoisotopic (exact) mass is 688 g/mol. The lowest BCUT2D eigenvalue weighted by atomic mass is 10.0. The highest BCUT2D eigenvalue weighted by atomic mass is 15.1. The second-order valence-electron chi connectivity index (χ2n) is 13.8. The van der Waals surface area contributed by atoms with Crippen molar-refractivity contribution in [2.75, 3.05) is 9.80 Å². The molecule has 0 bridgehead atoms. The van der Waals surface area contributed by atoms with Crippen LogP contribution in [0, 0.1) is 0 Å². The first-order chi connectivity index (χ1) is 26.8. The van der Waals surface area contributed by atoms with Gasteiger partial charge < -0.3 is 9.80 Å². The van der Waals surface area contributed by atoms with E-state index in [1.807, 2.05) is 0 Å². The van der Waals surface area contributed by atoms with E-state index in [-0.39, 0.29) is 0 Å². The predicted octanol–water partition coefficient (Wildman–Crippen LogP) is 14.9. The van der Waals surface area contributed by atoms with Gasteiger partial charge in [0.2, 0.25) is 0 Å². The first-order valence-electron chi connectivity index (χ1n) is 18.5. The van der Waals surface area contributed by atoms with Crippen LogP contribution in [0.3, 0.4) is 0 Å². The molecule has 0 N–H and O–H groups in total. The fraction of sp³-hybridized carbons (Fsp3) is 0. The number of hydrogen-bond acceptors (Lipinski definition) is 2. The zero-order chi connectivity index (χ0) is 35.8. The van der Waals surface area contributed by atoms with Gasteiger partial charge in [0.05, 0.1) is 11.4 Å². The third-order valence-corrected chi connectivity index (χ3v) is 10.6. The van der Waals surface area contributed by atoms with Crippen LogP contribution >= 0.6 is 0 Å². The van der Waals surface area contributed by atoms with Crippen molar-refractivity contribution in [3.05, 3.63) is 218 Å². The first-order valence-corrected chi connectivity index (χ1v) is 18.5. The van der Waals surface area contributed by atoms with E-state index in [1.165, 1.54) is 43.1 Å². The molecule has 10 aromatic rings. The lowest BCUT2D eigenvalue weighted by molar-refractivity contribution is 1.30. The van der Waals surface area contributed by atoms with Gasteiger partial charge >= 0.3 is 0 Å². The Labute approximate surface area is 315 Å². The highest BCUT2D eigenvalue weighted by Gasteiger charge is 2.18. The Morgan fingerprint density at radius 2 is 0.630 bits per heavy atom. The van der Waals surface area contributed by atoms with Crippen LogP contribution in [-0.2, 0) is 0 Å². The minimum Gasteiger partial charge on any atom is -0.310 e. The van der Waals surface area contributed by atoms with Crippen molar-refractivity contribution in [2.45, 2.75) is 0 Å². The van der Waals surface area contributed by atoms with Crippen LogP contribution in [0.2, 0.25) is 0 Å². The Morgan fingerprint density at radius 1 is 0.222 bits per heavy atom. The van der Waals surface area contributed by atoms with Crippen LogP contribution in [0.1, 0.15) is 0 Å². The van der Waals surface area contributed by atoms with Gasteiger partial charge in [-0.15, -0.1) is 0 Å². The fourth-order valence-electron chi connectivity index (χ4n) is 7.92. The van der Waals surface area contributed by atoms with Gasteiger partial charge in [-0.1, -0.05) is 158 Å². The van der Waals surface area contributed by atoms with Crippen molar-refractivity contribution in [1.29, 1.82) is 0 Å². The molecular weight excluding hydrogens is 653 g/mol. The predicted molar refractivity (Wildman–Crippen MR) is 231 cm³/mol. The average Bonchev–Trinajstić information content (AvgIpc) is 3.24. The van der Waals surface area contributed by atoms with Crippen LogP contribution in [0.4, 0.5) is 34.1 Å². The minimum atomic E-state index is 1.11. The zero-order valence-corrected chi connectivity index (χ0v) is 29.7.